The molecule has 5 amide bonds. The predicted molar refractivity (Wildman–Crippen MR) is 176 cm³/mol. The summed E-state index contributed by atoms with van der Waals surface area (Å²) in [6.07, 6.45) is 2.30. The summed E-state index contributed by atoms with van der Waals surface area (Å²) in [6, 6.07) is 13.7. The van der Waals surface area contributed by atoms with Gasteiger partial charge in [-0.3, -0.25) is 24.0 Å². The number of benzene rings is 2. The Morgan fingerprint density at radius 2 is 1.64 bits per heavy atom. The van der Waals surface area contributed by atoms with Gasteiger partial charge in [-0.15, -0.1) is 0 Å². The smallest absolute Gasteiger partial charge is 0.246 e. The van der Waals surface area contributed by atoms with E-state index >= 15 is 0 Å². The molecule has 2 saturated heterocycles. The Labute approximate surface area is 274 Å². The van der Waals surface area contributed by atoms with E-state index in [0.29, 0.717) is 12.8 Å². The van der Waals surface area contributed by atoms with Gasteiger partial charge in [-0.25, -0.2) is 0 Å². The van der Waals surface area contributed by atoms with E-state index in [1.807, 2.05) is 68.4 Å². The first-order valence-electron chi connectivity index (χ1n) is 16.4. The molecular weight excluding hydrogens is 600 g/mol. The topological polar surface area (TPSA) is 164 Å². The summed E-state index contributed by atoms with van der Waals surface area (Å²) in [4.78, 5) is 74.6. The highest BCUT2D eigenvalue weighted by atomic mass is 16.3. The quantitative estimate of drug-likeness (QED) is 0.260. The maximum atomic E-state index is 14.3. The minimum Gasteiger partial charge on any atom is -0.391 e. The Morgan fingerprint density at radius 1 is 0.915 bits per heavy atom. The minimum atomic E-state index is -1.09. The van der Waals surface area contributed by atoms with Crippen LogP contribution in [0.3, 0.4) is 0 Å². The van der Waals surface area contributed by atoms with Crippen LogP contribution in [0.4, 0.5) is 0 Å². The molecule has 2 aliphatic heterocycles. The van der Waals surface area contributed by atoms with Gasteiger partial charge in [0.05, 0.1) is 12.6 Å². The lowest BCUT2D eigenvalue weighted by Crippen LogP contribution is -2.57. The number of fused-ring (bicyclic) bond motifs is 2. The molecule has 2 aromatic carbocycles. The Bertz CT molecular complexity index is 1590. The standard InChI is InChI=1S/C35H44N6O6/c1-3-23(4-2)34(46)40-15-14-36-32(44)28(16-22-10-6-5-7-11-22)39-33(45)30-18-25(42)20-41(30)35(47)29(38-31(43)21-40)17-24-19-37-27-13-9-8-12-26(24)27/h5-13,19,23,25,28-30,37,42H,3-4,14-18,20-21H2,1-2H3,(H,36,44)(H,38,43)(H,39,45)/t25-,28+,29-,30+/m1/s1. The Balaban J connectivity index is 1.49. The van der Waals surface area contributed by atoms with Crippen molar-refractivity contribution in [3.63, 3.8) is 0 Å². The van der Waals surface area contributed by atoms with Crippen molar-refractivity contribution in [3.8, 4) is 0 Å². The molecule has 2 fully saturated rings. The van der Waals surface area contributed by atoms with Gasteiger partial charge < -0.3 is 35.8 Å². The van der Waals surface area contributed by atoms with Gasteiger partial charge in [0.1, 0.15) is 18.1 Å². The van der Waals surface area contributed by atoms with Gasteiger partial charge in [-0.1, -0.05) is 62.4 Å². The van der Waals surface area contributed by atoms with Gasteiger partial charge in [0.15, 0.2) is 0 Å². The number of aromatic amines is 1. The number of aliphatic hydroxyl groups is 1. The van der Waals surface area contributed by atoms with Crippen molar-refractivity contribution in [2.45, 2.75) is 70.2 Å². The molecule has 0 bridgehead atoms. The van der Waals surface area contributed by atoms with E-state index in [9.17, 15) is 29.1 Å². The van der Waals surface area contributed by atoms with Gasteiger partial charge in [0, 0.05) is 61.9 Å². The normalized spacial score (nSPS) is 23.1. The van der Waals surface area contributed by atoms with Crippen molar-refractivity contribution in [2.75, 3.05) is 26.2 Å². The third-order valence-corrected chi connectivity index (χ3v) is 9.17. The second-order valence-corrected chi connectivity index (χ2v) is 12.4. The summed E-state index contributed by atoms with van der Waals surface area (Å²) in [5.74, 6) is -2.60. The summed E-state index contributed by atoms with van der Waals surface area (Å²) < 4.78 is 0. The first-order valence-corrected chi connectivity index (χ1v) is 16.4. The van der Waals surface area contributed by atoms with Gasteiger partial charge in [-0.05, 0) is 30.0 Å². The van der Waals surface area contributed by atoms with Crippen LogP contribution in [0.1, 0.15) is 44.2 Å². The van der Waals surface area contributed by atoms with E-state index < -0.39 is 47.9 Å². The average molecular weight is 645 g/mol. The first-order chi connectivity index (χ1) is 22.7. The Kier molecular flexibility index (Phi) is 10.9. The molecule has 0 saturated carbocycles. The molecular formula is C35H44N6O6. The average Bonchev–Trinajstić information content (AvgIpc) is 3.67. The maximum Gasteiger partial charge on any atom is 0.246 e. The van der Waals surface area contributed by atoms with Crippen LogP contribution < -0.4 is 16.0 Å². The molecule has 5 rings (SSSR count). The molecule has 12 heteroatoms. The van der Waals surface area contributed by atoms with E-state index in [1.54, 1.807) is 6.20 Å². The van der Waals surface area contributed by atoms with Crippen LogP contribution in [0.5, 0.6) is 0 Å². The molecule has 5 N–H and O–H groups in total. The van der Waals surface area contributed by atoms with Crippen molar-refractivity contribution >= 4 is 40.4 Å². The fourth-order valence-electron chi connectivity index (χ4n) is 6.57. The van der Waals surface area contributed by atoms with E-state index in [2.05, 4.69) is 20.9 Å². The number of H-pyrrole nitrogens is 1. The van der Waals surface area contributed by atoms with E-state index in [0.717, 1.165) is 22.0 Å². The number of nitrogens with one attached hydrogen (secondary N) is 4. The molecule has 0 radical (unpaired) electrons. The number of para-hydroxylation sites is 1. The largest absolute Gasteiger partial charge is 0.391 e. The second-order valence-electron chi connectivity index (χ2n) is 12.4. The number of aliphatic hydroxyl groups excluding tert-OH is 1. The van der Waals surface area contributed by atoms with Crippen LogP contribution in [0, 0.1) is 5.92 Å². The fraction of sp³-hybridized carbons (Fsp3) is 0.457. The molecule has 0 unspecified atom stereocenters. The number of nitrogens with zero attached hydrogens (tertiary/aromatic N) is 2. The molecule has 3 heterocycles. The van der Waals surface area contributed by atoms with E-state index in [1.165, 1.54) is 9.80 Å². The highest BCUT2D eigenvalue weighted by Gasteiger charge is 2.43. The zero-order chi connectivity index (χ0) is 33.5. The van der Waals surface area contributed by atoms with Crippen molar-refractivity contribution in [1.82, 2.24) is 30.7 Å². The van der Waals surface area contributed by atoms with Crippen molar-refractivity contribution in [2.24, 2.45) is 5.92 Å². The summed E-state index contributed by atoms with van der Waals surface area (Å²) in [7, 11) is 0. The summed E-state index contributed by atoms with van der Waals surface area (Å²) in [5.41, 5.74) is 2.49. The monoisotopic (exact) mass is 644 g/mol. The number of carbonyl (C=O) groups excluding carboxylic acids is 5. The number of rotatable bonds is 7. The number of aromatic nitrogens is 1. The van der Waals surface area contributed by atoms with Crippen LogP contribution in [0.25, 0.3) is 10.9 Å². The highest BCUT2D eigenvalue weighted by Crippen LogP contribution is 2.24. The van der Waals surface area contributed by atoms with E-state index in [-0.39, 0.29) is 57.3 Å². The lowest BCUT2D eigenvalue weighted by molar-refractivity contribution is -0.143. The summed E-state index contributed by atoms with van der Waals surface area (Å²) in [6.45, 7) is 3.55. The summed E-state index contributed by atoms with van der Waals surface area (Å²) in [5, 5.41) is 20.1. The van der Waals surface area contributed by atoms with Crippen molar-refractivity contribution < 1.29 is 29.1 Å². The molecule has 2 aliphatic rings. The molecule has 0 spiro atoms. The van der Waals surface area contributed by atoms with Crippen LogP contribution in [0.2, 0.25) is 0 Å². The van der Waals surface area contributed by atoms with Gasteiger partial charge in [0.25, 0.3) is 0 Å². The fourth-order valence-corrected chi connectivity index (χ4v) is 6.57. The Hall–Kier alpha value is -4.71. The highest BCUT2D eigenvalue weighted by molar-refractivity contribution is 5.96. The molecule has 3 aromatic rings. The lowest BCUT2D eigenvalue weighted by Gasteiger charge is -2.30. The van der Waals surface area contributed by atoms with E-state index in [4.69, 9.17) is 0 Å². The number of amides is 5. The van der Waals surface area contributed by atoms with Crippen LogP contribution in [0.15, 0.2) is 60.8 Å². The Morgan fingerprint density at radius 3 is 2.38 bits per heavy atom. The van der Waals surface area contributed by atoms with Gasteiger partial charge in [-0.2, -0.15) is 0 Å². The zero-order valence-electron chi connectivity index (χ0n) is 26.9. The molecule has 250 valence electrons. The molecule has 0 aliphatic carbocycles. The molecule has 12 nitrogen and oxygen atoms in total. The number of carbonyl (C=O) groups is 5. The molecule has 4 atom stereocenters. The maximum absolute atomic E-state index is 14.3. The molecule has 1 aromatic heterocycles. The number of hydrogen-bond acceptors (Lipinski definition) is 6. The summed E-state index contributed by atoms with van der Waals surface area (Å²) >= 11 is 0. The third-order valence-electron chi connectivity index (χ3n) is 9.17. The molecule has 47 heavy (non-hydrogen) atoms. The third kappa shape index (κ3) is 7.99. The minimum absolute atomic E-state index is 0.0112. The SMILES string of the molecule is CCC(CC)C(=O)N1CCNC(=O)[C@H](Cc2ccccc2)NC(=O)[C@@H]2C[C@@H](O)CN2C(=O)[C@@H](Cc2c[nH]c3ccccc23)NC(=O)C1. The van der Waals surface area contributed by atoms with Crippen molar-refractivity contribution in [1.29, 1.82) is 0 Å². The van der Waals surface area contributed by atoms with Gasteiger partial charge >= 0.3 is 0 Å². The van der Waals surface area contributed by atoms with Crippen LogP contribution in [-0.2, 0) is 36.8 Å². The van der Waals surface area contributed by atoms with Crippen molar-refractivity contribution in [3.05, 3.63) is 71.9 Å². The zero-order valence-corrected chi connectivity index (χ0v) is 26.9. The number of hydrogen-bond donors (Lipinski definition) is 5. The first kappa shape index (κ1) is 33.6. The van der Waals surface area contributed by atoms with Crippen LogP contribution in [-0.4, -0.2) is 99.8 Å². The lowest BCUT2D eigenvalue weighted by atomic mass is 10.0. The van der Waals surface area contributed by atoms with Gasteiger partial charge in [0.2, 0.25) is 29.5 Å². The van der Waals surface area contributed by atoms with Crippen LogP contribution >= 0.6 is 0 Å². The predicted octanol–water partition coefficient (Wildman–Crippen LogP) is 1.28. The second kappa shape index (κ2) is 15.3.